The number of H-pyrrole nitrogens is 1. The number of anilines is 2. The summed E-state index contributed by atoms with van der Waals surface area (Å²) in [6, 6.07) is 23.9. The minimum atomic E-state index is -0.825. The lowest BCUT2D eigenvalue weighted by Gasteiger charge is -2.25. The van der Waals surface area contributed by atoms with Gasteiger partial charge in [0.15, 0.2) is 5.69 Å². The van der Waals surface area contributed by atoms with Crippen LogP contribution in [0.25, 0.3) is 0 Å². The number of nitrogens with one attached hydrogen (secondary N) is 1. The van der Waals surface area contributed by atoms with Gasteiger partial charge in [-0.3, -0.25) is 34.2 Å². The molecule has 4 rings (SSSR count). The number of aromatic amines is 1. The number of nitro groups is 1. The Labute approximate surface area is 205 Å². The van der Waals surface area contributed by atoms with Crippen LogP contribution in [0, 0.1) is 10.1 Å². The molecule has 36 heavy (non-hydrogen) atoms. The highest BCUT2D eigenvalue weighted by molar-refractivity contribution is 5.97. The fraction of sp³-hybridized carbons (Fsp3) is 0.115. The number of para-hydroxylation sites is 1. The molecule has 4 aromatic rings. The fourth-order valence-electron chi connectivity index (χ4n) is 3.92. The van der Waals surface area contributed by atoms with Crippen molar-refractivity contribution in [3.8, 4) is 0 Å². The Hall–Kier alpha value is -4.99. The molecule has 10 heteroatoms. The first-order valence-electron chi connectivity index (χ1n) is 11.1. The van der Waals surface area contributed by atoms with Crippen LogP contribution in [0.5, 0.6) is 0 Å². The van der Waals surface area contributed by atoms with E-state index < -0.39 is 22.1 Å². The van der Waals surface area contributed by atoms with Crippen LogP contribution in [0.1, 0.15) is 16.7 Å². The molecule has 0 aliphatic carbocycles. The molecule has 0 saturated carbocycles. The summed E-state index contributed by atoms with van der Waals surface area (Å²) in [6.45, 7) is 0.0456. The predicted molar refractivity (Wildman–Crippen MR) is 136 cm³/mol. The molecule has 0 spiro atoms. The Morgan fingerprint density at radius 3 is 2.14 bits per heavy atom. The quantitative estimate of drug-likeness (QED) is 0.290. The van der Waals surface area contributed by atoms with E-state index in [9.17, 15) is 24.5 Å². The number of amides is 1. The van der Waals surface area contributed by atoms with Crippen molar-refractivity contribution in [1.82, 2.24) is 9.55 Å². The fourth-order valence-corrected chi connectivity index (χ4v) is 3.92. The van der Waals surface area contributed by atoms with E-state index in [2.05, 4.69) is 4.98 Å². The van der Waals surface area contributed by atoms with Gasteiger partial charge in [0, 0.05) is 11.6 Å². The summed E-state index contributed by atoms with van der Waals surface area (Å²) in [5, 5.41) is 11.5. The number of aromatic nitrogens is 2. The molecule has 0 bridgehead atoms. The Balaban J connectivity index is 1.80. The number of nitrogen functional groups attached to an aromatic ring is 1. The van der Waals surface area contributed by atoms with Gasteiger partial charge in [-0.05, 0) is 11.1 Å². The molecule has 0 unspecified atom stereocenters. The first kappa shape index (κ1) is 24.1. The largest absolute Gasteiger partial charge is 0.383 e. The van der Waals surface area contributed by atoms with Crippen LogP contribution in [0.2, 0.25) is 0 Å². The lowest BCUT2D eigenvalue weighted by atomic mass is 10.1. The zero-order chi connectivity index (χ0) is 25.7. The lowest BCUT2D eigenvalue weighted by Crippen LogP contribution is -2.41. The van der Waals surface area contributed by atoms with Crippen LogP contribution in [0.3, 0.4) is 0 Å². The Morgan fingerprint density at radius 1 is 0.917 bits per heavy atom. The molecule has 10 nitrogen and oxygen atoms in total. The zero-order valence-electron chi connectivity index (χ0n) is 19.2. The Bertz CT molecular complexity index is 1510. The van der Waals surface area contributed by atoms with Crippen molar-refractivity contribution in [2.45, 2.75) is 19.5 Å². The van der Waals surface area contributed by atoms with E-state index in [1.54, 1.807) is 54.6 Å². The van der Waals surface area contributed by atoms with Crippen LogP contribution >= 0.6 is 0 Å². The van der Waals surface area contributed by atoms with Crippen molar-refractivity contribution >= 4 is 23.1 Å². The van der Waals surface area contributed by atoms with Gasteiger partial charge in [0.25, 0.3) is 11.2 Å². The summed E-state index contributed by atoms with van der Waals surface area (Å²) in [7, 11) is 0. The molecule has 0 saturated heterocycles. The second kappa shape index (κ2) is 10.5. The average Bonchev–Trinajstić information content (AvgIpc) is 2.87. The van der Waals surface area contributed by atoms with Gasteiger partial charge in [-0.25, -0.2) is 4.79 Å². The third-order valence-electron chi connectivity index (χ3n) is 5.68. The molecule has 1 heterocycles. The van der Waals surface area contributed by atoms with Crippen LogP contribution in [0.4, 0.5) is 17.2 Å². The molecule has 1 aromatic heterocycles. The van der Waals surface area contributed by atoms with Crippen molar-refractivity contribution in [2.24, 2.45) is 0 Å². The van der Waals surface area contributed by atoms with Crippen LogP contribution < -0.4 is 21.9 Å². The van der Waals surface area contributed by atoms with Gasteiger partial charge in [-0.15, -0.1) is 0 Å². The summed E-state index contributed by atoms with van der Waals surface area (Å²) in [4.78, 5) is 53.5. The van der Waals surface area contributed by atoms with E-state index in [1.807, 2.05) is 12.1 Å². The monoisotopic (exact) mass is 485 g/mol. The molecule has 1 amide bonds. The van der Waals surface area contributed by atoms with Crippen molar-refractivity contribution in [2.75, 3.05) is 10.6 Å². The van der Waals surface area contributed by atoms with Gasteiger partial charge in [0.1, 0.15) is 5.82 Å². The van der Waals surface area contributed by atoms with Crippen LogP contribution in [-0.2, 0) is 24.3 Å². The van der Waals surface area contributed by atoms with E-state index in [-0.39, 0.29) is 42.3 Å². The van der Waals surface area contributed by atoms with Gasteiger partial charge < -0.3 is 5.73 Å². The van der Waals surface area contributed by atoms with E-state index >= 15 is 0 Å². The number of carbonyl (C=O) groups excluding carboxylic acids is 1. The minimum Gasteiger partial charge on any atom is -0.383 e. The standard InChI is InChI=1S/C26H23N5O5/c27-24-23(25(33)28-26(34)30(24)17-19-11-5-2-6-12-19)29(16-18-9-3-1-4-10-18)22(32)15-20-13-7-8-14-21(20)31(35)36/h1-14H,15-17,27H2,(H,28,33,34). The number of nitro benzene ring substituents is 1. The second-order valence-corrected chi connectivity index (χ2v) is 8.09. The molecule has 0 fully saturated rings. The Kier molecular flexibility index (Phi) is 7.05. The average molecular weight is 486 g/mol. The van der Waals surface area contributed by atoms with Crippen LogP contribution in [-0.4, -0.2) is 20.4 Å². The number of benzene rings is 3. The van der Waals surface area contributed by atoms with Crippen molar-refractivity contribution < 1.29 is 9.72 Å². The predicted octanol–water partition coefficient (Wildman–Crippen LogP) is 2.85. The number of nitrogens with two attached hydrogens (primary N) is 1. The molecule has 0 radical (unpaired) electrons. The van der Waals surface area contributed by atoms with Crippen molar-refractivity contribution in [1.29, 1.82) is 0 Å². The van der Waals surface area contributed by atoms with Gasteiger partial charge in [-0.1, -0.05) is 78.9 Å². The van der Waals surface area contributed by atoms with Crippen molar-refractivity contribution in [3.05, 3.63) is 133 Å². The summed E-state index contributed by atoms with van der Waals surface area (Å²) in [5.41, 5.74) is 6.06. The van der Waals surface area contributed by atoms with E-state index in [4.69, 9.17) is 5.73 Å². The number of nitrogens with zero attached hydrogens (tertiary/aromatic N) is 3. The number of hydrogen-bond donors (Lipinski definition) is 2. The topological polar surface area (TPSA) is 144 Å². The maximum Gasteiger partial charge on any atom is 0.330 e. The molecule has 0 atom stereocenters. The summed E-state index contributed by atoms with van der Waals surface area (Å²) < 4.78 is 1.18. The molecule has 0 aliphatic heterocycles. The highest BCUT2D eigenvalue weighted by atomic mass is 16.6. The number of hydrogen-bond acceptors (Lipinski definition) is 6. The van der Waals surface area contributed by atoms with E-state index in [1.165, 1.54) is 27.7 Å². The summed E-state index contributed by atoms with van der Waals surface area (Å²) >= 11 is 0. The first-order valence-corrected chi connectivity index (χ1v) is 11.1. The maximum absolute atomic E-state index is 13.6. The molecule has 182 valence electrons. The van der Waals surface area contributed by atoms with Gasteiger partial charge >= 0.3 is 5.69 Å². The van der Waals surface area contributed by atoms with E-state index in [0.29, 0.717) is 5.56 Å². The zero-order valence-corrected chi connectivity index (χ0v) is 19.2. The number of carbonyl (C=O) groups is 1. The summed E-state index contributed by atoms with van der Waals surface area (Å²) in [6.07, 6.45) is -0.347. The summed E-state index contributed by atoms with van der Waals surface area (Å²) in [5.74, 6) is -0.769. The smallest absolute Gasteiger partial charge is 0.330 e. The minimum absolute atomic E-state index is 0.0306. The molecule has 0 aliphatic rings. The second-order valence-electron chi connectivity index (χ2n) is 8.09. The highest BCUT2D eigenvalue weighted by Crippen LogP contribution is 2.24. The molecular formula is C26H23N5O5. The normalized spacial score (nSPS) is 10.7. The first-order chi connectivity index (χ1) is 17.3. The third kappa shape index (κ3) is 5.22. The Morgan fingerprint density at radius 2 is 1.50 bits per heavy atom. The maximum atomic E-state index is 13.6. The van der Waals surface area contributed by atoms with Gasteiger partial charge in [0.2, 0.25) is 5.91 Å². The highest BCUT2D eigenvalue weighted by Gasteiger charge is 2.26. The van der Waals surface area contributed by atoms with E-state index in [0.717, 1.165) is 5.56 Å². The molecule has 3 aromatic carbocycles. The number of rotatable bonds is 8. The van der Waals surface area contributed by atoms with Crippen LogP contribution in [0.15, 0.2) is 94.5 Å². The van der Waals surface area contributed by atoms with Gasteiger partial charge in [-0.2, -0.15) is 0 Å². The lowest BCUT2D eigenvalue weighted by molar-refractivity contribution is -0.385. The molecule has 3 N–H and O–H groups in total. The van der Waals surface area contributed by atoms with Gasteiger partial charge in [0.05, 0.1) is 24.4 Å². The van der Waals surface area contributed by atoms with Crippen molar-refractivity contribution in [3.63, 3.8) is 0 Å². The molecular weight excluding hydrogens is 462 g/mol. The third-order valence-corrected chi connectivity index (χ3v) is 5.68. The SMILES string of the molecule is Nc1c(N(Cc2ccccc2)C(=O)Cc2ccccc2[N+](=O)[O-])c(=O)[nH]c(=O)n1Cc1ccccc1.